The van der Waals surface area contributed by atoms with Crippen LogP contribution in [0.4, 0.5) is 13.2 Å². The number of halogens is 3. The van der Waals surface area contributed by atoms with Crippen molar-refractivity contribution in [1.29, 1.82) is 0 Å². The third-order valence-corrected chi connectivity index (χ3v) is 5.27. The molecule has 1 aromatic heterocycles. The van der Waals surface area contributed by atoms with Crippen molar-refractivity contribution in [3.63, 3.8) is 0 Å². The Labute approximate surface area is 177 Å². The molecule has 0 bridgehead atoms. The predicted molar refractivity (Wildman–Crippen MR) is 116 cm³/mol. The van der Waals surface area contributed by atoms with Crippen LogP contribution in [0.25, 0.3) is 33.3 Å². The second-order valence-electron chi connectivity index (χ2n) is 7.19. The highest BCUT2D eigenvalue weighted by Crippen LogP contribution is 2.41. The molecular formula is C25H19F3N2O. The summed E-state index contributed by atoms with van der Waals surface area (Å²) in [7, 11) is 0. The minimum Gasteiger partial charge on any atom is -0.366 e. The smallest absolute Gasteiger partial charge is 0.366 e. The number of nitrogens with two attached hydrogens (primary N) is 1. The molecule has 3 nitrogen and oxygen atoms in total. The van der Waals surface area contributed by atoms with E-state index in [4.69, 9.17) is 5.73 Å². The molecule has 0 saturated carbocycles. The van der Waals surface area contributed by atoms with Crippen molar-refractivity contribution in [1.82, 2.24) is 4.98 Å². The number of para-hydroxylation sites is 1. The van der Waals surface area contributed by atoms with Gasteiger partial charge in [-0.1, -0.05) is 73.7 Å². The van der Waals surface area contributed by atoms with E-state index in [9.17, 15) is 18.0 Å². The Balaban J connectivity index is 2.18. The van der Waals surface area contributed by atoms with Crippen LogP contribution in [-0.4, -0.2) is 10.9 Å². The first-order valence-corrected chi connectivity index (χ1v) is 9.79. The minimum atomic E-state index is -4.60. The van der Waals surface area contributed by atoms with E-state index < -0.39 is 17.6 Å². The van der Waals surface area contributed by atoms with Crippen LogP contribution in [0.1, 0.15) is 28.4 Å². The van der Waals surface area contributed by atoms with Gasteiger partial charge in [0.15, 0.2) is 0 Å². The Bertz CT molecular complexity index is 1260. The number of primary amides is 1. The van der Waals surface area contributed by atoms with Gasteiger partial charge in [0.1, 0.15) is 0 Å². The lowest BCUT2D eigenvalue weighted by atomic mass is 9.90. The summed E-state index contributed by atoms with van der Waals surface area (Å²) in [4.78, 5) is 17.0. The molecule has 156 valence electrons. The Morgan fingerprint density at radius 3 is 2.16 bits per heavy atom. The van der Waals surface area contributed by atoms with Gasteiger partial charge in [0.2, 0.25) is 0 Å². The molecule has 0 saturated heterocycles. The van der Waals surface area contributed by atoms with E-state index in [0.717, 1.165) is 18.1 Å². The summed E-state index contributed by atoms with van der Waals surface area (Å²) < 4.78 is 41.4. The van der Waals surface area contributed by atoms with E-state index in [0.29, 0.717) is 16.7 Å². The maximum absolute atomic E-state index is 13.8. The maximum Gasteiger partial charge on any atom is 0.418 e. The Morgan fingerprint density at radius 2 is 1.58 bits per heavy atom. The van der Waals surface area contributed by atoms with Gasteiger partial charge in [-0.05, 0) is 23.6 Å². The van der Waals surface area contributed by atoms with Gasteiger partial charge in [-0.25, -0.2) is 4.98 Å². The maximum atomic E-state index is 13.8. The van der Waals surface area contributed by atoms with Crippen molar-refractivity contribution in [2.45, 2.75) is 19.5 Å². The van der Waals surface area contributed by atoms with Crippen LogP contribution in [0.5, 0.6) is 0 Å². The zero-order valence-electron chi connectivity index (χ0n) is 16.7. The summed E-state index contributed by atoms with van der Waals surface area (Å²) in [5, 5.41) is 0.226. The highest BCUT2D eigenvalue weighted by Gasteiger charge is 2.34. The number of aryl methyl sites for hydroxylation is 1. The van der Waals surface area contributed by atoms with Gasteiger partial charge in [-0.2, -0.15) is 13.2 Å². The summed E-state index contributed by atoms with van der Waals surface area (Å²) in [6, 6.07) is 19.9. The van der Waals surface area contributed by atoms with E-state index >= 15 is 0 Å². The van der Waals surface area contributed by atoms with Crippen LogP contribution < -0.4 is 5.73 Å². The first-order chi connectivity index (χ1) is 14.8. The van der Waals surface area contributed by atoms with E-state index in [1.807, 2.05) is 19.1 Å². The van der Waals surface area contributed by atoms with Gasteiger partial charge in [-0.3, -0.25) is 4.79 Å². The van der Waals surface area contributed by atoms with Crippen LogP contribution in [0.15, 0.2) is 72.8 Å². The average Bonchev–Trinajstić information content (AvgIpc) is 2.77. The predicted octanol–water partition coefficient (Wildman–Crippen LogP) is 6.25. The molecule has 31 heavy (non-hydrogen) atoms. The molecule has 1 heterocycles. The molecule has 0 atom stereocenters. The molecule has 0 aliphatic rings. The summed E-state index contributed by atoms with van der Waals surface area (Å²) >= 11 is 0. The first-order valence-electron chi connectivity index (χ1n) is 9.79. The quantitative estimate of drug-likeness (QED) is 0.424. The largest absolute Gasteiger partial charge is 0.418 e. The van der Waals surface area contributed by atoms with Crippen molar-refractivity contribution in [2.24, 2.45) is 5.73 Å². The summed E-state index contributed by atoms with van der Waals surface area (Å²) in [5.74, 6) is -0.750. The van der Waals surface area contributed by atoms with E-state index in [1.165, 1.54) is 12.1 Å². The highest BCUT2D eigenvalue weighted by atomic mass is 19.4. The number of aromatic nitrogens is 1. The Hall–Kier alpha value is -3.67. The topological polar surface area (TPSA) is 56.0 Å². The lowest BCUT2D eigenvalue weighted by Gasteiger charge is -2.18. The molecule has 2 N–H and O–H groups in total. The standard InChI is InChI=1S/C25H19F3N2O/c1-2-15-11-13-17(14-12-15)22-21(24(29)31)20(16-7-4-3-5-8-16)18-9-6-10-19(23(18)30-22)25(26,27)28/h3-14H,2H2,1H3,(H2,29,31). The van der Waals surface area contributed by atoms with Crippen LogP contribution in [0.2, 0.25) is 0 Å². The molecule has 4 aromatic rings. The van der Waals surface area contributed by atoms with Crippen molar-refractivity contribution < 1.29 is 18.0 Å². The zero-order chi connectivity index (χ0) is 22.2. The third kappa shape index (κ3) is 3.77. The van der Waals surface area contributed by atoms with Crippen LogP contribution in [0.3, 0.4) is 0 Å². The number of hydrogen-bond acceptors (Lipinski definition) is 2. The summed E-state index contributed by atoms with van der Waals surface area (Å²) in [5.41, 5.74) is 7.45. The number of alkyl halides is 3. The van der Waals surface area contributed by atoms with Gasteiger partial charge in [0.25, 0.3) is 5.91 Å². The number of benzene rings is 3. The first kappa shape index (κ1) is 20.6. The highest BCUT2D eigenvalue weighted by molar-refractivity contribution is 6.13. The normalized spacial score (nSPS) is 11.6. The molecule has 0 aliphatic heterocycles. The minimum absolute atomic E-state index is 0.0993. The fraction of sp³-hybridized carbons (Fsp3) is 0.120. The lowest BCUT2D eigenvalue weighted by Crippen LogP contribution is -2.16. The lowest BCUT2D eigenvalue weighted by molar-refractivity contribution is -0.136. The molecule has 0 unspecified atom stereocenters. The van der Waals surface area contributed by atoms with E-state index in [2.05, 4.69) is 4.98 Å². The van der Waals surface area contributed by atoms with Crippen molar-refractivity contribution in [3.05, 3.63) is 89.5 Å². The van der Waals surface area contributed by atoms with Crippen LogP contribution in [0, 0.1) is 0 Å². The van der Waals surface area contributed by atoms with Gasteiger partial charge in [0, 0.05) is 16.5 Å². The Morgan fingerprint density at radius 1 is 0.903 bits per heavy atom. The molecule has 0 aliphatic carbocycles. The van der Waals surface area contributed by atoms with Crippen LogP contribution >= 0.6 is 0 Å². The summed E-state index contributed by atoms with van der Waals surface area (Å²) in [6.45, 7) is 2.00. The molecule has 3 aromatic carbocycles. The third-order valence-electron chi connectivity index (χ3n) is 5.27. The molecule has 4 rings (SSSR count). The van der Waals surface area contributed by atoms with Crippen molar-refractivity contribution in [3.8, 4) is 22.4 Å². The van der Waals surface area contributed by atoms with Crippen molar-refractivity contribution in [2.75, 3.05) is 0 Å². The van der Waals surface area contributed by atoms with Gasteiger partial charge in [0.05, 0.1) is 22.3 Å². The fourth-order valence-corrected chi connectivity index (χ4v) is 3.77. The van der Waals surface area contributed by atoms with Crippen LogP contribution in [-0.2, 0) is 12.6 Å². The molecule has 0 spiro atoms. The van der Waals surface area contributed by atoms with E-state index in [1.54, 1.807) is 42.5 Å². The zero-order valence-corrected chi connectivity index (χ0v) is 16.7. The van der Waals surface area contributed by atoms with Gasteiger partial charge in [-0.15, -0.1) is 0 Å². The number of nitrogens with zero attached hydrogens (tertiary/aromatic N) is 1. The Kier molecular flexibility index (Phi) is 5.23. The average molecular weight is 420 g/mol. The summed E-state index contributed by atoms with van der Waals surface area (Å²) in [6.07, 6.45) is -3.79. The van der Waals surface area contributed by atoms with E-state index in [-0.39, 0.29) is 22.2 Å². The van der Waals surface area contributed by atoms with Crippen molar-refractivity contribution >= 4 is 16.8 Å². The number of pyridine rings is 1. The SMILES string of the molecule is CCc1ccc(-c2nc3c(C(F)(F)F)cccc3c(-c3ccccc3)c2C(N)=O)cc1. The molecule has 6 heteroatoms. The number of carbonyl (C=O) groups excluding carboxylic acids is 1. The monoisotopic (exact) mass is 420 g/mol. The molecule has 0 radical (unpaired) electrons. The molecular weight excluding hydrogens is 401 g/mol. The second kappa shape index (κ2) is 7.87. The molecule has 0 fully saturated rings. The fourth-order valence-electron chi connectivity index (χ4n) is 3.77. The second-order valence-corrected chi connectivity index (χ2v) is 7.19. The van der Waals surface area contributed by atoms with Gasteiger partial charge >= 0.3 is 6.18 Å². The number of rotatable bonds is 4. The number of amides is 1. The van der Waals surface area contributed by atoms with Gasteiger partial charge < -0.3 is 5.73 Å². The number of hydrogen-bond donors (Lipinski definition) is 1. The molecule has 1 amide bonds. The number of fused-ring (bicyclic) bond motifs is 1. The number of carbonyl (C=O) groups is 1.